The first-order chi connectivity index (χ1) is 9.41. The molecule has 6 nitrogen and oxygen atoms in total. The average molecular weight is 279 g/mol. The number of rotatable bonds is 6. The van der Waals surface area contributed by atoms with Crippen LogP contribution in [0.4, 0.5) is 4.79 Å². The zero-order valence-corrected chi connectivity index (χ0v) is 12.1. The summed E-state index contributed by atoms with van der Waals surface area (Å²) in [5, 5.41) is 2.06. The average Bonchev–Trinajstić information content (AvgIpc) is 2.39. The highest BCUT2D eigenvalue weighted by Gasteiger charge is 2.18. The molecule has 0 aliphatic rings. The number of nitrogens with zero attached hydrogens (tertiary/aromatic N) is 1. The van der Waals surface area contributed by atoms with E-state index in [0.717, 1.165) is 11.3 Å². The standard InChI is InChI=1S/C14H21N3O3/c1-10-6-4-5-7-12(10)20-9-8-17(3)11(2)13(18)16-14(15)19/h4-7,11H,8-9H2,1-3H3,(H3,15,16,18,19)/t11-/m0/s1. The second-order valence-corrected chi connectivity index (χ2v) is 4.62. The summed E-state index contributed by atoms with van der Waals surface area (Å²) >= 11 is 0. The van der Waals surface area contributed by atoms with Gasteiger partial charge in [-0.3, -0.25) is 15.0 Å². The van der Waals surface area contributed by atoms with Crippen molar-refractivity contribution in [3.05, 3.63) is 29.8 Å². The van der Waals surface area contributed by atoms with E-state index in [2.05, 4.69) is 5.32 Å². The van der Waals surface area contributed by atoms with Crippen LogP contribution in [-0.2, 0) is 4.79 Å². The molecule has 0 aromatic heterocycles. The van der Waals surface area contributed by atoms with E-state index in [1.807, 2.05) is 31.2 Å². The first-order valence-electron chi connectivity index (χ1n) is 6.40. The molecule has 0 aliphatic carbocycles. The molecule has 0 saturated carbocycles. The third-order valence-electron chi connectivity index (χ3n) is 3.08. The van der Waals surface area contributed by atoms with E-state index in [9.17, 15) is 9.59 Å². The smallest absolute Gasteiger partial charge is 0.318 e. The predicted molar refractivity (Wildman–Crippen MR) is 76.5 cm³/mol. The third kappa shape index (κ3) is 4.89. The summed E-state index contributed by atoms with van der Waals surface area (Å²) in [5.41, 5.74) is 5.97. The summed E-state index contributed by atoms with van der Waals surface area (Å²) in [6.45, 7) is 4.69. The lowest BCUT2D eigenvalue weighted by Crippen LogP contribution is -2.47. The highest BCUT2D eigenvalue weighted by Crippen LogP contribution is 2.15. The Morgan fingerprint density at radius 3 is 2.65 bits per heavy atom. The van der Waals surface area contributed by atoms with Crippen molar-refractivity contribution < 1.29 is 14.3 Å². The molecule has 1 aromatic carbocycles. The maximum atomic E-state index is 11.6. The number of primary amides is 1. The fourth-order valence-electron chi connectivity index (χ4n) is 1.64. The maximum absolute atomic E-state index is 11.6. The Balaban J connectivity index is 2.39. The molecule has 0 saturated heterocycles. The molecule has 0 radical (unpaired) electrons. The first-order valence-corrected chi connectivity index (χ1v) is 6.40. The Labute approximate surface area is 118 Å². The number of para-hydroxylation sites is 1. The van der Waals surface area contributed by atoms with Crippen LogP contribution < -0.4 is 15.8 Å². The Kier molecular flexibility index (Phi) is 5.99. The van der Waals surface area contributed by atoms with Gasteiger partial charge < -0.3 is 10.5 Å². The largest absolute Gasteiger partial charge is 0.492 e. The number of carbonyl (C=O) groups excluding carboxylic acids is 2. The van der Waals surface area contributed by atoms with Gasteiger partial charge >= 0.3 is 6.03 Å². The number of nitrogens with two attached hydrogens (primary N) is 1. The second kappa shape index (κ2) is 7.49. The summed E-state index contributed by atoms with van der Waals surface area (Å²) in [5.74, 6) is 0.408. The van der Waals surface area contributed by atoms with Crippen molar-refractivity contribution in [2.24, 2.45) is 5.73 Å². The third-order valence-corrected chi connectivity index (χ3v) is 3.08. The Morgan fingerprint density at radius 1 is 1.40 bits per heavy atom. The zero-order chi connectivity index (χ0) is 15.1. The highest BCUT2D eigenvalue weighted by atomic mass is 16.5. The minimum atomic E-state index is -0.841. The van der Waals surface area contributed by atoms with E-state index in [1.54, 1.807) is 18.9 Å². The lowest BCUT2D eigenvalue weighted by Gasteiger charge is -2.23. The number of hydrogen-bond acceptors (Lipinski definition) is 4. The normalized spacial score (nSPS) is 12.0. The van der Waals surface area contributed by atoms with E-state index in [4.69, 9.17) is 10.5 Å². The molecule has 1 atom stereocenters. The first kappa shape index (κ1) is 16.0. The molecule has 0 aliphatic heterocycles. The number of urea groups is 1. The SMILES string of the molecule is Cc1ccccc1OCCN(C)[C@@H](C)C(=O)NC(N)=O. The molecule has 3 N–H and O–H groups in total. The van der Waals surface area contributed by atoms with Gasteiger partial charge in [0.25, 0.3) is 0 Å². The van der Waals surface area contributed by atoms with Gasteiger partial charge in [0, 0.05) is 6.54 Å². The topological polar surface area (TPSA) is 84.7 Å². The van der Waals surface area contributed by atoms with E-state index in [-0.39, 0.29) is 0 Å². The molecule has 3 amide bonds. The molecular weight excluding hydrogens is 258 g/mol. The van der Waals surface area contributed by atoms with Crippen molar-refractivity contribution in [1.82, 2.24) is 10.2 Å². The van der Waals surface area contributed by atoms with Crippen molar-refractivity contribution in [3.63, 3.8) is 0 Å². The number of imide groups is 1. The molecule has 6 heteroatoms. The molecule has 1 aromatic rings. The summed E-state index contributed by atoms with van der Waals surface area (Å²) in [6.07, 6.45) is 0. The van der Waals surface area contributed by atoms with Crippen LogP contribution in [0.3, 0.4) is 0 Å². The van der Waals surface area contributed by atoms with Crippen LogP contribution in [0.15, 0.2) is 24.3 Å². The lowest BCUT2D eigenvalue weighted by molar-refractivity contribution is -0.124. The number of likely N-dealkylation sites (N-methyl/N-ethyl adjacent to an activating group) is 1. The van der Waals surface area contributed by atoms with E-state index >= 15 is 0 Å². The van der Waals surface area contributed by atoms with Gasteiger partial charge in [-0.25, -0.2) is 4.79 Å². The van der Waals surface area contributed by atoms with Gasteiger partial charge in [-0.15, -0.1) is 0 Å². The molecule has 0 fully saturated rings. The fraction of sp³-hybridized carbons (Fsp3) is 0.429. The molecule has 0 heterocycles. The van der Waals surface area contributed by atoms with Gasteiger partial charge in [-0.1, -0.05) is 18.2 Å². The van der Waals surface area contributed by atoms with Crippen molar-refractivity contribution >= 4 is 11.9 Å². The van der Waals surface area contributed by atoms with Gasteiger partial charge in [-0.05, 0) is 32.5 Å². The minimum absolute atomic E-state index is 0.420. The molecule has 110 valence electrons. The molecule has 0 spiro atoms. The Bertz CT molecular complexity index is 476. The Hall–Kier alpha value is -2.08. The number of carbonyl (C=O) groups is 2. The quantitative estimate of drug-likeness (QED) is 0.810. The highest BCUT2D eigenvalue weighted by molar-refractivity contribution is 5.96. The number of hydrogen-bond donors (Lipinski definition) is 2. The van der Waals surface area contributed by atoms with Crippen LogP contribution in [0, 0.1) is 6.92 Å². The lowest BCUT2D eigenvalue weighted by atomic mass is 10.2. The summed E-state index contributed by atoms with van der Waals surface area (Å²) in [4.78, 5) is 24.0. The van der Waals surface area contributed by atoms with Crippen LogP contribution >= 0.6 is 0 Å². The van der Waals surface area contributed by atoms with Gasteiger partial charge in [-0.2, -0.15) is 0 Å². The number of benzene rings is 1. The summed E-state index contributed by atoms with van der Waals surface area (Å²) in [7, 11) is 1.78. The van der Waals surface area contributed by atoms with Crippen molar-refractivity contribution in [1.29, 1.82) is 0 Å². The van der Waals surface area contributed by atoms with Gasteiger partial charge in [0.15, 0.2) is 0 Å². The summed E-state index contributed by atoms with van der Waals surface area (Å²) < 4.78 is 5.65. The van der Waals surface area contributed by atoms with Crippen LogP contribution in [0.2, 0.25) is 0 Å². The van der Waals surface area contributed by atoms with Gasteiger partial charge in [0.1, 0.15) is 12.4 Å². The predicted octanol–water partition coefficient (Wildman–Crippen LogP) is 0.889. The van der Waals surface area contributed by atoms with Crippen LogP contribution in [0.25, 0.3) is 0 Å². The van der Waals surface area contributed by atoms with E-state index < -0.39 is 18.0 Å². The van der Waals surface area contributed by atoms with Gasteiger partial charge in [0.05, 0.1) is 6.04 Å². The molecule has 20 heavy (non-hydrogen) atoms. The minimum Gasteiger partial charge on any atom is -0.492 e. The van der Waals surface area contributed by atoms with E-state index in [0.29, 0.717) is 13.2 Å². The van der Waals surface area contributed by atoms with Gasteiger partial charge in [0.2, 0.25) is 5.91 Å². The van der Waals surface area contributed by atoms with E-state index in [1.165, 1.54) is 0 Å². The molecule has 1 rings (SSSR count). The second-order valence-electron chi connectivity index (χ2n) is 4.62. The molecular formula is C14H21N3O3. The number of amides is 3. The fourth-order valence-corrected chi connectivity index (χ4v) is 1.64. The number of nitrogens with one attached hydrogen (secondary N) is 1. The zero-order valence-electron chi connectivity index (χ0n) is 12.1. The Morgan fingerprint density at radius 2 is 2.05 bits per heavy atom. The van der Waals surface area contributed by atoms with Crippen LogP contribution in [0.5, 0.6) is 5.75 Å². The monoisotopic (exact) mass is 279 g/mol. The van der Waals surface area contributed by atoms with Crippen LogP contribution in [-0.4, -0.2) is 43.1 Å². The van der Waals surface area contributed by atoms with Crippen molar-refractivity contribution in [3.8, 4) is 5.75 Å². The van der Waals surface area contributed by atoms with Crippen molar-refractivity contribution in [2.45, 2.75) is 19.9 Å². The summed E-state index contributed by atoms with van der Waals surface area (Å²) in [6, 6.07) is 6.44. The van der Waals surface area contributed by atoms with Crippen LogP contribution in [0.1, 0.15) is 12.5 Å². The number of aryl methyl sites for hydroxylation is 1. The molecule has 0 bridgehead atoms. The van der Waals surface area contributed by atoms with Crippen molar-refractivity contribution in [2.75, 3.05) is 20.2 Å². The molecule has 0 unspecified atom stereocenters. The maximum Gasteiger partial charge on any atom is 0.318 e. The number of ether oxygens (including phenoxy) is 1.